The zero-order valence-electron chi connectivity index (χ0n) is 24.8. The molecule has 0 amide bonds. The van der Waals surface area contributed by atoms with E-state index in [1.807, 2.05) is 119 Å². The van der Waals surface area contributed by atoms with Crippen LogP contribution in [0.4, 0.5) is 0 Å². The first kappa shape index (κ1) is 33.0. The van der Waals surface area contributed by atoms with Crippen molar-refractivity contribution in [2.45, 2.75) is 69.2 Å². The van der Waals surface area contributed by atoms with Gasteiger partial charge in [0.2, 0.25) is 0 Å². The number of aryl methyl sites for hydroxylation is 10. The number of rotatable bonds is 0. The van der Waals surface area contributed by atoms with Crippen LogP contribution in [0.3, 0.4) is 0 Å². The molecule has 39 heavy (non-hydrogen) atoms. The Bertz CT molecular complexity index is 1040. The largest absolute Gasteiger partial charge is 0.261 e. The summed E-state index contributed by atoms with van der Waals surface area (Å²) in [5, 5.41) is 9.65. The highest BCUT2D eigenvalue weighted by Crippen LogP contribution is 2.04. The monoisotopic (exact) mass is 544 g/mol. The summed E-state index contributed by atoms with van der Waals surface area (Å²) in [6, 6.07) is 8.13. The molecule has 0 unspecified atom stereocenters. The van der Waals surface area contributed by atoms with Crippen LogP contribution in [0.5, 0.6) is 0 Å². The third-order valence-corrected chi connectivity index (χ3v) is 5.32. The van der Waals surface area contributed by atoms with E-state index in [1.54, 1.807) is 11.3 Å². The molecule has 0 aliphatic carbocycles. The normalized spacial score (nSPS) is 9.28. The molecule has 5 aromatic rings. The summed E-state index contributed by atoms with van der Waals surface area (Å²) in [4.78, 5) is 24.0. The van der Waals surface area contributed by atoms with Crippen molar-refractivity contribution in [3.05, 3.63) is 117 Å². The second kappa shape index (κ2) is 18.3. The minimum absolute atomic E-state index is 0.829. The summed E-state index contributed by atoms with van der Waals surface area (Å²) in [5.41, 5.74) is 6.81. The molecule has 0 radical (unpaired) electrons. The summed E-state index contributed by atoms with van der Waals surface area (Å²) >= 11 is 1.62. The molecule has 0 saturated heterocycles. The van der Waals surface area contributed by atoms with Crippen LogP contribution in [-0.2, 0) is 0 Å². The standard InChI is InChI=1S/2C7H9N.2C6H8N2.C4H6N2S/c2*1-6-3-4-7(2)8-5-6;2*1-5-3-7-6(2)8-4-5;1-3-5-6-4(2)7-3/h2*3-5H,1-2H3;2*3-4H,1-2H3;1-2H3. The van der Waals surface area contributed by atoms with Crippen LogP contribution in [0.2, 0.25) is 0 Å². The highest BCUT2D eigenvalue weighted by molar-refractivity contribution is 7.11. The molecule has 0 aromatic carbocycles. The minimum Gasteiger partial charge on any atom is -0.261 e. The topological polar surface area (TPSA) is 103 Å². The minimum atomic E-state index is 0.829. The Kier molecular flexibility index (Phi) is 15.5. The van der Waals surface area contributed by atoms with Gasteiger partial charge in [-0.2, -0.15) is 0 Å². The van der Waals surface area contributed by atoms with E-state index >= 15 is 0 Å². The first-order chi connectivity index (χ1) is 18.4. The summed E-state index contributed by atoms with van der Waals surface area (Å²) in [5.74, 6) is 1.66. The van der Waals surface area contributed by atoms with Gasteiger partial charge < -0.3 is 0 Å². The van der Waals surface area contributed by atoms with Crippen molar-refractivity contribution in [2.24, 2.45) is 0 Å². The summed E-state index contributed by atoms with van der Waals surface area (Å²) in [7, 11) is 0. The van der Waals surface area contributed by atoms with Crippen molar-refractivity contribution in [3.63, 3.8) is 0 Å². The third kappa shape index (κ3) is 17.2. The average molecular weight is 545 g/mol. The van der Waals surface area contributed by atoms with Gasteiger partial charge in [-0.05, 0) is 104 Å². The van der Waals surface area contributed by atoms with Crippen LogP contribution in [0.15, 0.2) is 61.4 Å². The van der Waals surface area contributed by atoms with Crippen molar-refractivity contribution in [3.8, 4) is 0 Å². The van der Waals surface area contributed by atoms with Gasteiger partial charge in [-0.3, -0.25) is 9.97 Å². The Morgan fingerprint density at radius 3 is 0.872 bits per heavy atom. The number of nitrogens with zero attached hydrogens (tertiary/aromatic N) is 8. The van der Waals surface area contributed by atoms with Crippen molar-refractivity contribution in [1.29, 1.82) is 0 Å². The smallest absolute Gasteiger partial charge is 0.125 e. The van der Waals surface area contributed by atoms with E-state index in [9.17, 15) is 0 Å². The Balaban J connectivity index is 0.000000244. The van der Waals surface area contributed by atoms with Gasteiger partial charge in [0.05, 0.1) is 0 Å². The molecule has 0 aliphatic heterocycles. The van der Waals surface area contributed by atoms with Crippen molar-refractivity contribution < 1.29 is 0 Å². The summed E-state index contributed by atoms with van der Waals surface area (Å²) in [6.45, 7) is 19.6. The van der Waals surface area contributed by atoms with Gasteiger partial charge >= 0.3 is 0 Å². The van der Waals surface area contributed by atoms with Crippen molar-refractivity contribution in [2.75, 3.05) is 0 Å². The SMILES string of the molecule is Cc1ccc(C)nc1.Cc1ccc(C)nc1.Cc1cnc(C)nc1.Cc1cnc(C)nc1.Cc1nnc(C)s1. The lowest BCUT2D eigenvalue weighted by atomic mass is 10.3. The van der Waals surface area contributed by atoms with E-state index < -0.39 is 0 Å². The predicted octanol–water partition coefficient (Wildman–Crippen LogP) is 6.74. The van der Waals surface area contributed by atoms with Gasteiger partial charge in [0, 0.05) is 48.6 Å². The lowest BCUT2D eigenvalue weighted by Crippen LogP contribution is -1.84. The molecule has 0 bridgehead atoms. The quantitative estimate of drug-likeness (QED) is 0.211. The lowest BCUT2D eigenvalue weighted by molar-refractivity contribution is 1.02. The molecule has 206 valence electrons. The first-order valence-electron chi connectivity index (χ1n) is 12.5. The maximum Gasteiger partial charge on any atom is 0.125 e. The summed E-state index contributed by atoms with van der Waals surface area (Å²) < 4.78 is 0. The highest BCUT2D eigenvalue weighted by atomic mass is 32.1. The van der Waals surface area contributed by atoms with Crippen LogP contribution < -0.4 is 0 Å². The molecule has 5 rings (SSSR count). The fourth-order valence-electron chi connectivity index (χ4n) is 2.39. The van der Waals surface area contributed by atoms with E-state index in [0.29, 0.717) is 0 Å². The zero-order chi connectivity index (χ0) is 29.2. The fraction of sp³-hybridized carbons (Fsp3) is 0.333. The molecular weight excluding hydrogens is 504 g/mol. The maximum absolute atomic E-state index is 4.08. The van der Waals surface area contributed by atoms with E-state index in [0.717, 1.165) is 44.2 Å². The van der Waals surface area contributed by atoms with E-state index in [1.165, 1.54) is 11.1 Å². The molecular formula is C30H40N8S. The molecule has 0 aliphatic rings. The zero-order valence-corrected chi connectivity index (χ0v) is 25.6. The van der Waals surface area contributed by atoms with Gasteiger partial charge in [-0.15, -0.1) is 21.5 Å². The van der Waals surface area contributed by atoms with Crippen LogP contribution >= 0.6 is 11.3 Å². The van der Waals surface area contributed by atoms with Crippen molar-refractivity contribution in [1.82, 2.24) is 40.1 Å². The average Bonchev–Trinajstić information content (AvgIpc) is 3.30. The first-order valence-corrected chi connectivity index (χ1v) is 13.3. The molecule has 0 atom stereocenters. The molecule has 0 N–H and O–H groups in total. The van der Waals surface area contributed by atoms with Gasteiger partial charge in [0.15, 0.2) is 0 Å². The fourth-order valence-corrected chi connectivity index (χ4v) is 2.98. The number of hydrogen-bond donors (Lipinski definition) is 0. The predicted molar refractivity (Wildman–Crippen MR) is 160 cm³/mol. The van der Waals surface area contributed by atoms with Gasteiger partial charge in [-0.25, -0.2) is 19.9 Å². The van der Waals surface area contributed by atoms with E-state index in [4.69, 9.17) is 0 Å². The van der Waals surface area contributed by atoms with Crippen LogP contribution in [0.1, 0.15) is 55.3 Å². The van der Waals surface area contributed by atoms with Crippen LogP contribution in [0.25, 0.3) is 0 Å². The van der Waals surface area contributed by atoms with Crippen LogP contribution in [0, 0.1) is 69.2 Å². The van der Waals surface area contributed by atoms with Gasteiger partial charge in [0.25, 0.3) is 0 Å². The maximum atomic E-state index is 4.08. The summed E-state index contributed by atoms with van der Waals surface area (Å²) in [6.07, 6.45) is 11.0. The van der Waals surface area contributed by atoms with Crippen LogP contribution in [-0.4, -0.2) is 40.1 Å². The van der Waals surface area contributed by atoms with E-state index in [-0.39, 0.29) is 0 Å². The Labute approximate surface area is 237 Å². The number of hydrogen-bond acceptors (Lipinski definition) is 9. The Hall–Kier alpha value is -3.98. The third-order valence-electron chi connectivity index (χ3n) is 4.57. The molecule has 0 saturated carbocycles. The second-order valence-electron chi connectivity index (χ2n) is 8.91. The molecule has 5 heterocycles. The van der Waals surface area contributed by atoms with Crippen molar-refractivity contribution >= 4 is 11.3 Å². The number of aromatic nitrogens is 8. The molecule has 9 heteroatoms. The second-order valence-corrected chi connectivity index (χ2v) is 10.3. The highest BCUT2D eigenvalue weighted by Gasteiger charge is 1.88. The van der Waals surface area contributed by atoms with E-state index in [2.05, 4.69) is 52.2 Å². The molecule has 0 spiro atoms. The molecule has 0 fully saturated rings. The Morgan fingerprint density at radius 2 is 0.692 bits per heavy atom. The lowest BCUT2D eigenvalue weighted by Gasteiger charge is -1.89. The Morgan fingerprint density at radius 1 is 0.385 bits per heavy atom. The van der Waals surface area contributed by atoms with Gasteiger partial charge in [0.1, 0.15) is 21.7 Å². The molecule has 8 nitrogen and oxygen atoms in total. The number of pyridine rings is 2. The molecule has 5 aromatic heterocycles. The van der Waals surface area contributed by atoms with Gasteiger partial charge in [-0.1, -0.05) is 12.1 Å².